The van der Waals surface area contributed by atoms with Crippen LogP contribution in [0.4, 0.5) is 0 Å². The molecule has 1 saturated heterocycles. The Hall–Kier alpha value is -0.900. The Labute approximate surface area is 83.9 Å². The molecule has 1 aliphatic carbocycles. The smallest absolute Gasteiger partial charge is 0.0790 e. The van der Waals surface area contributed by atoms with Gasteiger partial charge in [0, 0.05) is 25.3 Å². The van der Waals surface area contributed by atoms with Crippen LogP contribution in [0.1, 0.15) is 25.8 Å². The SMILES string of the molecule is CC(C1CC1)N1CC(n2ccnn2)C1. The molecule has 2 fully saturated rings. The van der Waals surface area contributed by atoms with Gasteiger partial charge in [-0.05, 0) is 25.7 Å². The molecule has 4 nitrogen and oxygen atoms in total. The third-order valence-corrected chi connectivity index (χ3v) is 3.59. The van der Waals surface area contributed by atoms with E-state index < -0.39 is 0 Å². The molecule has 1 aliphatic heterocycles. The minimum Gasteiger partial charge on any atom is -0.296 e. The van der Waals surface area contributed by atoms with Crippen molar-refractivity contribution < 1.29 is 0 Å². The molecule has 0 bridgehead atoms. The minimum atomic E-state index is 0.568. The first-order valence-corrected chi connectivity index (χ1v) is 5.44. The third kappa shape index (κ3) is 1.34. The summed E-state index contributed by atoms with van der Waals surface area (Å²) in [5.74, 6) is 0.978. The lowest BCUT2D eigenvalue weighted by Crippen LogP contribution is -2.52. The molecule has 4 heteroatoms. The van der Waals surface area contributed by atoms with Crippen LogP contribution >= 0.6 is 0 Å². The first-order valence-electron chi connectivity index (χ1n) is 5.44. The van der Waals surface area contributed by atoms with Crippen LogP contribution in [0, 0.1) is 5.92 Å². The van der Waals surface area contributed by atoms with Crippen molar-refractivity contribution in [1.82, 2.24) is 19.9 Å². The van der Waals surface area contributed by atoms with Crippen molar-refractivity contribution in [2.24, 2.45) is 5.92 Å². The zero-order valence-electron chi connectivity index (χ0n) is 8.50. The predicted molar refractivity (Wildman–Crippen MR) is 52.8 cm³/mol. The highest BCUT2D eigenvalue weighted by Gasteiger charge is 2.38. The lowest BCUT2D eigenvalue weighted by Gasteiger charge is -2.43. The minimum absolute atomic E-state index is 0.568. The van der Waals surface area contributed by atoms with E-state index in [4.69, 9.17) is 0 Å². The lowest BCUT2D eigenvalue weighted by atomic mass is 10.0. The standard InChI is InChI=1S/C10H16N4/c1-8(9-2-3-9)13-6-10(7-13)14-5-4-11-12-14/h4-5,8-10H,2-3,6-7H2,1H3. The maximum absolute atomic E-state index is 4.03. The van der Waals surface area contributed by atoms with Crippen LogP contribution in [-0.2, 0) is 0 Å². The molecule has 1 aromatic rings. The van der Waals surface area contributed by atoms with E-state index in [0.29, 0.717) is 6.04 Å². The summed E-state index contributed by atoms with van der Waals surface area (Å²) in [6.07, 6.45) is 6.59. The molecule has 1 atom stereocenters. The lowest BCUT2D eigenvalue weighted by molar-refractivity contribution is 0.0500. The second kappa shape index (κ2) is 3.05. The molecule has 3 rings (SSSR count). The van der Waals surface area contributed by atoms with Crippen molar-refractivity contribution in [3.63, 3.8) is 0 Å². The van der Waals surface area contributed by atoms with Gasteiger partial charge in [0.1, 0.15) is 0 Å². The zero-order valence-corrected chi connectivity index (χ0v) is 8.50. The summed E-state index contributed by atoms with van der Waals surface area (Å²) in [4.78, 5) is 2.56. The van der Waals surface area contributed by atoms with Gasteiger partial charge in [0.25, 0.3) is 0 Å². The highest BCUT2D eigenvalue weighted by molar-refractivity contribution is 4.93. The fourth-order valence-electron chi connectivity index (χ4n) is 2.28. The number of rotatable bonds is 3. The summed E-state index contributed by atoms with van der Waals surface area (Å²) >= 11 is 0. The fourth-order valence-corrected chi connectivity index (χ4v) is 2.28. The average molecular weight is 192 g/mol. The van der Waals surface area contributed by atoms with E-state index in [1.807, 2.05) is 10.9 Å². The van der Waals surface area contributed by atoms with Crippen LogP contribution < -0.4 is 0 Å². The largest absolute Gasteiger partial charge is 0.296 e. The van der Waals surface area contributed by atoms with Crippen molar-refractivity contribution in [3.8, 4) is 0 Å². The van der Waals surface area contributed by atoms with E-state index >= 15 is 0 Å². The van der Waals surface area contributed by atoms with E-state index in [1.165, 1.54) is 12.8 Å². The first-order chi connectivity index (χ1) is 6.84. The van der Waals surface area contributed by atoms with Gasteiger partial charge in [0.15, 0.2) is 0 Å². The van der Waals surface area contributed by atoms with Crippen molar-refractivity contribution in [3.05, 3.63) is 12.4 Å². The molecule has 0 spiro atoms. The van der Waals surface area contributed by atoms with E-state index in [1.54, 1.807) is 6.20 Å². The summed E-state index contributed by atoms with van der Waals surface area (Å²) < 4.78 is 1.98. The van der Waals surface area contributed by atoms with Gasteiger partial charge in [-0.25, -0.2) is 4.68 Å². The van der Waals surface area contributed by atoms with E-state index in [9.17, 15) is 0 Å². The molecular weight excluding hydrogens is 176 g/mol. The second-order valence-corrected chi connectivity index (χ2v) is 4.57. The van der Waals surface area contributed by atoms with Crippen LogP contribution in [0.2, 0.25) is 0 Å². The maximum atomic E-state index is 4.03. The number of nitrogens with zero attached hydrogens (tertiary/aromatic N) is 4. The molecule has 14 heavy (non-hydrogen) atoms. The Balaban J connectivity index is 1.55. The molecule has 1 aromatic heterocycles. The Morgan fingerprint density at radius 3 is 2.71 bits per heavy atom. The Morgan fingerprint density at radius 1 is 1.36 bits per heavy atom. The molecule has 0 radical (unpaired) electrons. The van der Waals surface area contributed by atoms with Gasteiger partial charge in [-0.2, -0.15) is 0 Å². The Morgan fingerprint density at radius 2 is 2.14 bits per heavy atom. The monoisotopic (exact) mass is 192 g/mol. The van der Waals surface area contributed by atoms with Crippen molar-refractivity contribution in [2.75, 3.05) is 13.1 Å². The van der Waals surface area contributed by atoms with E-state index in [2.05, 4.69) is 22.1 Å². The number of aromatic nitrogens is 3. The van der Waals surface area contributed by atoms with Gasteiger partial charge in [-0.1, -0.05) is 5.21 Å². The van der Waals surface area contributed by atoms with E-state index in [-0.39, 0.29) is 0 Å². The summed E-state index contributed by atoms with van der Waals surface area (Å²) in [5, 5.41) is 7.87. The van der Waals surface area contributed by atoms with Crippen LogP contribution in [0.3, 0.4) is 0 Å². The molecule has 1 unspecified atom stereocenters. The Bertz CT molecular complexity index is 298. The van der Waals surface area contributed by atoms with Crippen molar-refractivity contribution in [1.29, 1.82) is 0 Å². The maximum Gasteiger partial charge on any atom is 0.0790 e. The molecule has 76 valence electrons. The first kappa shape index (κ1) is 8.41. The normalized spacial score (nSPS) is 26.1. The molecule has 0 amide bonds. The number of likely N-dealkylation sites (tertiary alicyclic amines) is 1. The summed E-state index contributed by atoms with van der Waals surface area (Å²) in [6.45, 7) is 4.66. The Kier molecular flexibility index (Phi) is 1.83. The van der Waals surface area contributed by atoms with Crippen LogP contribution in [0.25, 0.3) is 0 Å². The van der Waals surface area contributed by atoms with Crippen LogP contribution in [-0.4, -0.2) is 39.0 Å². The van der Waals surface area contributed by atoms with Gasteiger partial charge in [-0.3, -0.25) is 4.90 Å². The van der Waals surface area contributed by atoms with Crippen molar-refractivity contribution in [2.45, 2.75) is 31.8 Å². The number of hydrogen-bond acceptors (Lipinski definition) is 3. The summed E-state index contributed by atoms with van der Waals surface area (Å²) in [7, 11) is 0. The topological polar surface area (TPSA) is 34.0 Å². The van der Waals surface area contributed by atoms with Gasteiger partial charge in [0.2, 0.25) is 0 Å². The molecule has 0 N–H and O–H groups in total. The van der Waals surface area contributed by atoms with Gasteiger partial charge in [0.05, 0.1) is 12.2 Å². The molecule has 2 aliphatic rings. The number of hydrogen-bond donors (Lipinski definition) is 0. The van der Waals surface area contributed by atoms with E-state index in [0.717, 1.165) is 25.0 Å². The molecule has 2 heterocycles. The fraction of sp³-hybridized carbons (Fsp3) is 0.800. The van der Waals surface area contributed by atoms with Crippen molar-refractivity contribution >= 4 is 0 Å². The zero-order chi connectivity index (χ0) is 9.54. The van der Waals surface area contributed by atoms with Gasteiger partial charge in [-0.15, -0.1) is 5.10 Å². The third-order valence-electron chi connectivity index (χ3n) is 3.59. The van der Waals surface area contributed by atoms with Crippen LogP contribution in [0.15, 0.2) is 12.4 Å². The summed E-state index contributed by atoms with van der Waals surface area (Å²) in [5.41, 5.74) is 0. The van der Waals surface area contributed by atoms with Gasteiger partial charge >= 0.3 is 0 Å². The molecular formula is C10H16N4. The van der Waals surface area contributed by atoms with Crippen LogP contribution in [0.5, 0.6) is 0 Å². The second-order valence-electron chi connectivity index (χ2n) is 4.57. The molecule has 0 aromatic carbocycles. The molecule has 1 saturated carbocycles. The highest BCUT2D eigenvalue weighted by Crippen LogP contribution is 2.38. The predicted octanol–water partition coefficient (Wildman–Crippen LogP) is 0.933. The quantitative estimate of drug-likeness (QED) is 0.714. The summed E-state index contributed by atoms with van der Waals surface area (Å²) in [6, 6.07) is 1.36. The average Bonchev–Trinajstić information content (AvgIpc) is 2.83. The highest BCUT2D eigenvalue weighted by atomic mass is 15.5. The van der Waals surface area contributed by atoms with Gasteiger partial charge < -0.3 is 0 Å².